The van der Waals surface area contributed by atoms with Gasteiger partial charge in [0, 0.05) is 31.0 Å². The Labute approximate surface area is 224 Å². The summed E-state index contributed by atoms with van der Waals surface area (Å²) in [6, 6.07) is 22.2. The van der Waals surface area contributed by atoms with Gasteiger partial charge in [-0.05, 0) is 53.8 Å². The minimum absolute atomic E-state index is 0.0478. The van der Waals surface area contributed by atoms with Crippen molar-refractivity contribution >= 4 is 23.4 Å². The van der Waals surface area contributed by atoms with E-state index < -0.39 is 6.04 Å². The highest BCUT2D eigenvalue weighted by atomic mass is 35.5. The predicted octanol–water partition coefficient (Wildman–Crippen LogP) is 5.46. The summed E-state index contributed by atoms with van der Waals surface area (Å²) >= 11 is 6.06. The molecule has 0 saturated heterocycles. The lowest BCUT2D eigenvalue weighted by atomic mass is 10.0. The number of rotatable bonds is 13. The molecule has 0 saturated carbocycles. The Hall–Kier alpha value is -3.51. The van der Waals surface area contributed by atoms with Crippen LogP contribution in [0.3, 0.4) is 0 Å². The van der Waals surface area contributed by atoms with Crippen LogP contribution < -0.4 is 14.8 Å². The molecule has 3 rings (SSSR count). The van der Waals surface area contributed by atoms with E-state index in [0.717, 1.165) is 16.7 Å². The fraction of sp³-hybridized carbons (Fsp3) is 0.333. The van der Waals surface area contributed by atoms with Crippen LogP contribution >= 0.6 is 11.6 Å². The Bertz CT molecular complexity index is 1150. The van der Waals surface area contributed by atoms with E-state index in [1.807, 2.05) is 67.6 Å². The summed E-state index contributed by atoms with van der Waals surface area (Å²) in [5, 5.41) is 3.69. The van der Waals surface area contributed by atoms with Crippen LogP contribution in [-0.2, 0) is 29.0 Å². The fourth-order valence-corrected chi connectivity index (χ4v) is 4.31. The Balaban J connectivity index is 1.80. The van der Waals surface area contributed by atoms with E-state index in [0.29, 0.717) is 55.3 Å². The number of carbonyl (C=O) groups excluding carboxylic acids is 2. The van der Waals surface area contributed by atoms with Crippen LogP contribution in [0.1, 0.15) is 36.5 Å². The average Bonchev–Trinajstić information content (AvgIpc) is 2.92. The van der Waals surface area contributed by atoms with E-state index in [-0.39, 0.29) is 11.8 Å². The lowest BCUT2D eigenvalue weighted by Crippen LogP contribution is -2.50. The molecule has 0 unspecified atom stereocenters. The Morgan fingerprint density at radius 3 is 2.22 bits per heavy atom. The predicted molar refractivity (Wildman–Crippen MR) is 147 cm³/mol. The maximum atomic E-state index is 13.6. The maximum Gasteiger partial charge on any atom is 0.243 e. The SMILES string of the molecule is CCCC(=O)N(Cc1ccc(Cl)cc1)[C@@H](Cc1ccccc1)C(=O)NCCc1ccc(OC)c(OC)c1. The zero-order chi connectivity index (χ0) is 26.6. The first kappa shape index (κ1) is 28.1. The van der Waals surface area contributed by atoms with E-state index in [4.69, 9.17) is 21.1 Å². The Kier molecular flexibility index (Phi) is 10.8. The van der Waals surface area contributed by atoms with Crippen molar-refractivity contribution in [3.63, 3.8) is 0 Å². The summed E-state index contributed by atoms with van der Waals surface area (Å²) in [5.41, 5.74) is 2.93. The number of nitrogens with one attached hydrogen (secondary N) is 1. The van der Waals surface area contributed by atoms with E-state index >= 15 is 0 Å². The molecule has 3 aromatic rings. The van der Waals surface area contributed by atoms with Gasteiger partial charge in [-0.3, -0.25) is 9.59 Å². The van der Waals surface area contributed by atoms with Crippen molar-refractivity contribution in [3.8, 4) is 11.5 Å². The number of hydrogen-bond donors (Lipinski definition) is 1. The van der Waals surface area contributed by atoms with Crippen molar-refractivity contribution in [2.45, 2.75) is 45.2 Å². The molecule has 0 aliphatic carbocycles. The first-order valence-corrected chi connectivity index (χ1v) is 12.9. The van der Waals surface area contributed by atoms with Crippen LogP contribution in [0.2, 0.25) is 5.02 Å². The van der Waals surface area contributed by atoms with Crippen molar-refractivity contribution in [1.82, 2.24) is 10.2 Å². The number of methoxy groups -OCH3 is 2. The van der Waals surface area contributed by atoms with Gasteiger partial charge in [-0.15, -0.1) is 0 Å². The third-order valence-corrected chi connectivity index (χ3v) is 6.41. The van der Waals surface area contributed by atoms with Crippen molar-refractivity contribution in [1.29, 1.82) is 0 Å². The summed E-state index contributed by atoms with van der Waals surface area (Å²) < 4.78 is 10.7. The number of hydrogen-bond acceptors (Lipinski definition) is 4. The quantitative estimate of drug-likeness (QED) is 0.324. The molecule has 0 bridgehead atoms. The van der Waals surface area contributed by atoms with Crippen LogP contribution in [0.25, 0.3) is 0 Å². The molecular formula is C30H35ClN2O4. The molecule has 0 aliphatic rings. The molecule has 7 heteroatoms. The molecule has 0 fully saturated rings. The number of benzene rings is 3. The summed E-state index contributed by atoms with van der Waals surface area (Å²) in [5.74, 6) is 1.08. The lowest BCUT2D eigenvalue weighted by molar-refractivity contribution is -0.141. The van der Waals surface area contributed by atoms with Gasteiger partial charge in [0.1, 0.15) is 6.04 Å². The van der Waals surface area contributed by atoms with Crippen LogP contribution in [-0.4, -0.2) is 43.5 Å². The zero-order valence-electron chi connectivity index (χ0n) is 21.7. The highest BCUT2D eigenvalue weighted by molar-refractivity contribution is 6.30. The summed E-state index contributed by atoms with van der Waals surface area (Å²) in [6.45, 7) is 2.72. The van der Waals surface area contributed by atoms with E-state index in [1.54, 1.807) is 31.3 Å². The van der Waals surface area contributed by atoms with Gasteiger partial charge in [-0.25, -0.2) is 0 Å². The highest BCUT2D eigenvalue weighted by Crippen LogP contribution is 2.27. The number of halogens is 1. The second-order valence-electron chi connectivity index (χ2n) is 8.83. The maximum absolute atomic E-state index is 13.6. The second kappa shape index (κ2) is 14.3. The third kappa shape index (κ3) is 8.25. The van der Waals surface area contributed by atoms with Crippen LogP contribution in [0.5, 0.6) is 11.5 Å². The van der Waals surface area contributed by atoms with Crippen molar-refractivity contribution in [2.24, 2.45) is 0 Å². The first-order valence-electron chi connectivity index (χ1n) is 12.5. The molecule has 0 aromatic heterocycles. The fourth-order valence-electron chi connectivity index (χ4n) is 4.18. The standard InChI is InChI=1S/C30H35ClN2O4/c1-4-8-29(34)33(21-24-11-14-25(31)15-12-24)26(19-22-9-6-5-7-10-22)30(35)32-18-17-23-13-16-27(36-2)28(20-23)37-3/h5-7,9-16,20,26H,4,8,17-19,21H2,1-3H3,(H,32,35)/t26-/m0/s1. The largest absolute Gasteiger partial charge is 0.493 e. The first-order chi connectivity index (χ1) is 17.9. The van der Waals surface area contributed by atoms with Crippen LogP contribution in [0, 0.1) is 0 Å². The lowest BCUT2D eigenvalue weighted by Gasteiger charge is -2.31. The van der Waals surface area contributed by atoms with Crippen molar-refractivity contribution in [2.75, 3.05) is 20.8 Å². The van der Waals surface area contributed by atoms with Gasteiger partial charge in [-0.2, -0.15) is 0 Å². The van der Waals surface area contributed by atoms with E-state index in [9.17, 15) is 9.59 Å². The molecule has 0 aliphatic heterocycles. The highest BCUT2D eigenvalue weighted by Gasteiger charge is 2.29. The van der Waals surface area contributed by atoms with Crippen molar-refractivity contribution in [3.05, 3.63) is 94.5 Å². The molecule has 1 N–H and O–H groups in total. The van der Waals surface area contributed by atoms with E-state index in [2.05, 4.69) is 5.32 Å². The number of amides is 2. The minimum atomic E-state index is -0.650. The van der Waals surface area contributed by atoms with Gasteiger partial charge in [-0.1, -0.05) is 67.1 Å². The number of nitrogens with zero attached hydrogens (tertiary/aromatic N) is 1. The summed E-state index contributed by atoms with van der Waals surface area (Å²) in [6.07, 6.45) is 2.11. The number of carbonyl (C=O) groups is 2. The molecule has 0 spiro atoms. The second-order valence-corrected chi connectivity index (χ2v) is 9.27. The van der Waals surface area contributed by atoms with Gasteiger partial charge in [0.05, 0.1) is 14.2 Å². The summed E-state index contributed by atoms with van der Waals surface area (Å²) in [4.78, 5) is 28.6. The average molecular weight is 523 g/mol. The molecule has 196 valence electrons. The molecule has 0 heterocycles. The van der Waals surface area contributed by atoms with Crippen molar-refractivity contribution < 1.29 is 19.1 Å². The smallest absolute Gasteiger partial charge is 0.243 e. The van der Waals surface area contributed by atoms with Gasteiger partial charge in [0.15, 0.2) is 11.5 Å². The molecule has 2 amide bonds. The van der Waals surface area contributed by atoms with Gasteiger partial charge in [0.2, 0.25) is 11.8 Å². The zero-order valence-corrected chi connectivity index (χ0v) is 22.5. The Morgan fingerprint density at radius 2 is 1.57 bits per heavy atom. The molecule has 1 atom stereocenters. The topological polar surface area (TPSA) is 67.9 Å². The molecule has 6 nitrogen and oxygen atoms in total. The molecular weight excluding hydrogens is 488 g/mol. The Morgan fingerprint density at radius 1 is 0.892 bits per heavy atom. The normalized spacial score (nSPS) is 11.5. The summed E-state index contributed by atoms with van der Waals surface area (Å²) in [7, 11) is 3.19. The van der Waals surface area contributed by atoms with Crippen LogP contribution in [0.4, 0.5) is 0 Å². The van der Waals surface area contributed by atoms with E-state index in [1.165, 1.54) is 0 Å². The third-order valence-electron chi connectivity index (χ3n) is 6.16. The van der Waals surface area contributed by atoms with Gasteiger partial charge < -0.3 is 19.7 Å². The molecule has 0 radical (unpaired) electrons. The molecule has 3 aromatic carbocycles. The molecule has 37 heavy (non-hydrogen) atoms. The monoisotopic (exact) mass is 522 g/mol. The number of ether oxygens (including phenoxy) is 2. The minimum Gasteiger partial charge on any atom is -0.493 e. The van der Waals surface area contributed by atoms with Gasteiger partial charge in [0.25, 0.3) is 0 Å². The van der Waals surface area contributed by atoms with Crippen LogP contribution in [0.15, 0.2) is 72.8 Å². The van der Waals surface area contributed by atoms with Gasteiger partial charge >= 0.3 is 0 Å².